The summed E-state index contributed by atoms with van der Waals surface area (Å²) in [5.74, 6) is -0.279. The van der Waals surface area contributed by atoms with Crippen molar-refractivity contribution < 1.29 is 14.1 Å². The molecule has 5 nitrogen and oxygen atoms in total. The Morgan fingerprint density at radius 1 is 1.42 bits per heavy atom. The van der Waals surface area contributed by atoms with Crippen LogP contribution in [0.3, 0.4) is 0 Å². The molecule has 2 unspecified atom stereocenters. The van der Waals surface area contributed by atoms with Gasteiger partial charge in [-0.05, 0) is 36.9 Å². The molecule has 1 fully saturated rings. The molecule has 0 radical (unpaired) electrons. The van der Waals surface area contributed by atoms with Gasteiger partial charge in [0.25, 0.3) is 5.69 Å². The number of non-ortho nitro benzene ring substituents is 1. The van der Waals surface area contributed by atoms with Gasteiger partial charge in [-0.25, -0.2) is 4.39 Å². The van der Waals surface area contributed by atoms with Gasteiger partial charge in [0.1, 0.15) is 5.82 Å². The van der Waals surface area contributed by atoms with E-state index in [1.807, 2.05) is 0 Å². The lowest BCUT2D eigenvalue weighted by Crippen LogP contribution is -2.25. The molecular weight excluding hydrogens is 251 g/mol. The fraction of sp³-hybridized carbons (Fsp3) is 0.538. The molecule has 1 aliphatic rings. The van der Waals surface area contributed by atoms with E-state index in [1.165, 1.54) is 12.1 Å². The number of nitro benzene ring substituents is 1. The van der Waals surface area contributed by atoms with Crippen LogP contribution in [0.4, 0.5) is 10.1 Å². The molecule has 1 aliphatic carbocycles. The van der Waals surface area contributed by atoms with Gasteiger partial charge in [-0.1, -0.05) is 6.42 Å². The van der Waals surface area contributed by atoms with Crippen molar-refractivity contribution in [3.8, 4) is 0 Å². The van der Waals surface area contributed by atoms with Gasteiger partial charge in [-0.2, -0.15) is 0 Å². The van der Waals surface area contributed by atoms with Gasteiger partial charge in [0.15, 0.2) is 0 Å². The van der Waals surface area contributed by atoms with Crippen LogP contribution < -0.4 is 5.73 Å². The zero-order valence-corrected chi connectivity index (χ0v) is 10.5. The molecule has 2 atom stereocenters. The first-order chi connectivity index (χ1) is 9.10. The van der Waals surface area contributed by atoms with Gasteiger partial charge in [-0.15, -0.1) is 0 Å². The maximum absolute atomic E-state index is 13.3. The summed E-state index contributed by atoms with van der Waals surface area (Å²) >= 11 is 0. The quantitative estimate of drug-likeness (QED) is 0.657. The van der Waals surface area contributed by atoms with E-state index in [4.69, 9.17) is 10.5 Å². The molecule has 0 aromatic heterocycles. The van der Waals surface area contributed by atoms with E-state index in [0.29, 0.717) is 18.0 Å². The van der Waals surface area contributed by atoms with Gasteiger partial charge >= 0.3 is 0 Å². The Labute approximate surface area is 110 Å². The highest BCUT2D eigenvalue weighted by molar-refractivity contribution is 5.34. The smallest absolute Gasteiger partial charge is 0.272 e. The van der Waals surface area contributed by atoms with Crippen LogP contribution in [0, 0.1) is 21.8 Å². The second kappa shape index (κ2) is 6.08. The molecule has 0 amide bonds. The monoisotopic (exact) mass is 268 g/mol. The lowest BCUT2D eigenvalue weighted by atomic mass is 10.1. The largest absolute Gasteiger partial charge is 0.373 e. The van der Waals surface area contributed by atoms with Crippen molar-refractivity contribution in [2.24, 2.45) is 11.7 Å². The summed E-state index contributed by atoms with van der Waals surface area (Å²) in [4.78, 5) is 10.0. The number of rotatable bonds is 5. The van der Waals surface area contributed by atoms with E-state index < -0.39 is 10.7 Å². The van der Waals surface area contributed by atoms with Crippen molar-refractivity contribution in [3.05, 3.63) is 39.7 Å². The lowest BCUT2D eigenvalue weighted by molar-refractivity contribution is -0.385. The molecule has 2 N–H and O–H groups in total. The SMILES string of the molecule is NCC1CCCC1OCc1cc(F)cc([N+](=O)[O-])c1. The Kier molecular flexibility index (Phi) is 4.44. The molecule has 6 heteroatoms. The number of hydrogen-bond acceptors (Lipinski definition) is 4. The topological polar surface area (TPSA) is 78.4 Å². The Hall–Kier alpha value is -1.53. The zero-order chi connectivity index (χ0) is 13.8. The highest BCUT2D eigenvalue weighted by Gasteiger charge is 2.26. The maximum atomic E-state index is 13.3. The molecule has 2 rings (SSSR count). The molecule has 1 aromatic carbocycles. The van der Waals surface area contributed by atoms with Crippen molar-refractivity contribution in [2.75, 3.05) is 6.54 Å². The number of hydrogen-bond donors (Lipinski definition) is 1. The molecule has 0 saturated heterocycles. The van der Waals surface area contributed by atoms with Gasteiger partial charge in [0.05, 0.1) is 23.7 Å². The molecular formula is C13H17FN2O3. The van der Waals surface area contributed by atoms with Gasteiger partial charge in [0.2, 0.25) is 0 Å². The predicted octanol–water partition coefficient (Wildman–Crippen LogP) is 2.38. The first-order valence-electron chi connectivity index (χ1n) is 6.35. The molecule has 1 aromatic rings. The number of ether oxygens (including phenoxy) is 1. The third-order valence-corrected chi connectivity index (χ3v) is 3.51. The molecule has 0 bridgehead atoms. The Morgan fingerprint density at radius 2 is 2.21 bits per heavy atom. The minimum atomic E-state index is -0.616. The third-order valence-electron chi connectivity index (χ3n) is 3.51. The molecule has 1 saturated carbocycles. The van der Waals surface area contributed by atoms with Crippen molar-refractivity contribution >= 4 is 5.69 Å². The van der Waals surface area contributed by atoms with Crippen LogP contribution in [-0.4, -0.2) is 17.6 Å². The van der Waals surface area contributed by atoms with E-state index >= 15 is 0 Å². The van der Waals surface area contributed by atoms with Crippen molar-refractivity contribution in [1.82, 2.24) is 0 Å². The molecule has 19 heavy (non-hydrogen) atoms. The van der Waals surface area contributed by atoms with E-state index in [-0.39, 0.29) is 18.4 Å². The van der Waals surface area contributed by atoms with Crippen LogP contribution in [0.2, 0.25) is 0 Å². The van der Waals surface area contributed by atoms with Crippen molar-refractivity contribution in [3.63, 3.8) is 0 Å². The van der Waals surface area contributed by atoms with Crippen LogP contribution in [0.1, 0.15) is 24.8 Å². The van der Waals surface area contributed by atoms with Gasteiger partial charge in [-0.3, -0.25) is 10.1 Å². The summed E-state index contributed by atoms with van der Waals surface area (Å²) in [6.45, 7) is 0.758. The maximum Gasteiger partial charge on any atom is 0.272 e. The molecule has 104 valence electrons. The van der Waals surface area contributed by atoms with E-state index in [0.717, 1.165) is 25.3 Å². The van der Waals surface area contributed by atoms with Crippen LogP contribution in [0.25, 0.3) is 0 Å². The molecule has 0 aliphatic heterocycles. The average molecular weight is 268 g/mol. The first-order valence-corrected chi connectivity index (χ1v) is 6.35. The van der Waals surface area contributed by atoms with Crippen LogP contribution in [0.5, 0.6) is 0 Å². The van der Waals surface area contributed by atoms with Crippen LogP contribution >= 0.6 is 0 Å². The van der Waals surface area contributed by atoms with E-state index in [1.54, 1.807) is 0 Å². The minimum absolute atomic E-state index is 0.0762. The number of halogens is 1. The number of nitro groups is 1. The van der Waals surface area contributed by atoms with Gasteiger partial charge in [0, 0.05) is 6.07 Å². The Bertz CT molecular complexity index is 467. The summed E-state index contributed by atoms with van der Waals surface area (Å²) < 4.78 is 19.0. The Morgan fingerprint density at radius 3 is 2.89 bits per heavy atom. The van der Waals surface area contributed by atoms with Crippen LogP contribution in [0.15, 0.2) is 18.2 Å². The molecule has 0 heterocycles. The lowest BCUT2D eigenvalue weighted by Gasteiger charge is -2.18. The second-order valence-corrected chi connectivity index (χ2v) is 4.85. The summed E-state index contributed by atoms with van der Waals surface area (Å²) in [5.41, 5.74) is 5.88. The number of benzene rings is 1. The number of nitrogens with two attached hydrogens (primary N) is 1. The average Bonchev–Trinajstić information content (AvgIpc) is 2.83. The second-order valence-electron chi connectivity index (χ2n) is 4.85. The first kappa shape index (κ1) is 13.9. The number of nitrogens with zero attached hydrogens (tertiary/aromatic N) is 1. The Balaban J connectivity index is 2.01. The fourth-order valence-electron chi connectivity index (χ4n) is 2.52. The third kappa shape index (κ3) is 3.48. The molecule has 0 spiro atoms. The summed E-state index contributed by atoms with van der Waals surface area (Å²) in [6, 6.07) is 3.51. The highest BCUT2D eigenvalue weighted by Crippen LogP contribution is 2.28. The van der Waals surface area contributed by atoms with E-state index in [2.05, 4.69) is 0 Å². The normalized spacial score (nSPS) is 22.6. The minimum Gasteiger partial charge on any atom is -0.373 e. The van der Waals surface area contributed by atoms with E-state index in [9.17, 15) is 14.5 Å². The zero-order valence-electron chi connectivity index (χ0n) is 10.5. The fourth-order valence-corrected chi connectivity index (χ4v) is 2.52. The van der Waals surface area contributed by atoms with Gasteiger partial charge < -0.3 is 10.5 Å². The standard InChI is InChI=1S/C13H17FN2O3/c14-11-4-9(5-12(6-11)16(17)18)8-19-13-3-1-2-10(13)7-15/h4-6,10,13H,1-3,7-8,15H2. The highest BCUT2D eigenvalue weighted by atomic mass is 19.1. The van der Waals surface area contributed by atoms with Crippen LogP contribution in [-0.2, 0) is 11.3 Å². The van der Waals surface area contributed by atoms with Crippen molar-refractivity contribution in [2.45, 2.75) is 32.0 Å². The predicted molar refractivity (Wildman–Crippen MR) is 68.0 cm³/mol. The summed E-state index contributed by atoms with van der Waals surface area (Å²) in [7, 11) is 0. The summed E-state index contributed by atoms with van der Waals surface area (Å²) in [6.07, 6.45) is 3.15. The summed E-state index contributed by atoms with van der Waals surface area (Å²) in [5, 5.41) is 10.6. The van der Waals surface area contributed by atoms with Crippen molar-refractivity contribution in [1.29, 1.82) is 0 Å².